The first-order chi connectivity index (χ1) is 8.36. The minimum absolute atomic E-state index is 0.104. The van der Waals surface area contributed by atoms with Gasteiger partial charge in [0.1, 0.15) is 0 Å². The van der Waals surface area contributed by atoms with E-state index in [2.05, 4.69) is 9.97 Å². The molecule has 0 aliphatic rings. The Morgan fingerprint density at radius 2 is 1.82 bits per heavy atom. The van der Waals surface area contributed by atoms with Gasteiger partial charge in [0.25, 0.3) is 5.56 Å². The van der Waals surface area contributed by atoms with Crippen LogP contribution in [0.25, 0.3) is 22.0 Å². The number of benzene rings is 1. The number of nitrogens with zero attached hydrogens (tertiary/aromatic N) is 1. The molecule has 17 heavy (non-hydrogen) atoms. The van der Waals surface area contributed by atoms with Gasteiger partial charge in [0.15, 0.2) is 0 Å². The molecule has 0 fully saturated rings. The summed E-state index contributed by atoms with van der Waals surface area (Å²) in [5, 5.41) is 0.619. The maximum atomic E-state index is 11.7. The second-order valence-electron chi connectivity index (χ2n) is 3.80. The standard InChI is InChI=1S/C14H10N2O/c17-14-11-7-4-8-15-13(11)12(9-16-14)10-5-2-1-3-6-10/h1-9H,(H,16,17). The lowest BCUT2D eigenvalue weighted by Gasteiger charge is -2.04. The number of pyridine rings is 2. The topological polar surface area (TPSA) is 45.8 Å². The number of fused-ring (bicyclic) bond motifs is 1. The Labute approximate surface area is 97.8 Å². The minimum Gasteiger partial charge on any atom is -0.328 e. The molecule has 0 amide bonds. The molecular formula is C14H10N2O. The Kier molecular flexibility index (Phi) is 2.22. The number of hydrogen-bond donors (Lipinski definition) is 1. The Morgan fingerprint density at radius 3 is 2.65 bits per heavy atom. The first kappa shape index (κ1) is 9.78. The lowest BCUT2D eigenvalue weighted by atomic mass is 10.1. The van der Waals surface area contributed by atoms with E-state index in [4.69, 9.17) is 0 Å². The molecule has 0 aliphatic heterocycles. The molecule has 3 rings (SSSR count). The molecule has 2 aromatic heterocycles. The van der Waals surface area contributed by atoms with Crippen LogP contribution < -0.4 is 5.56 Å². The van der Waals surface area contributed by atoms with Gasteiger partial charge in [0.05, 0.1) is 10.9 Å². The average molecular weight is 222 g/mol. The molecule has 0 unspecified atom stereocenters. The van der Waals surface area contributed by atoms with Gasteiger partial charge in [0.2, 0.25) is 0 Å². The fraction of sp³-hybridized carbons (Fsp3) is 0. The molecule has 1 aromatic carbocycles. The van der Waals surface area contributed by atoms with Crippen LogP contribution in [-0.2, 0) is 0 Å². The largest absolute Gasteiger partial charge is 0.328 e. The van der Waals surface area contributed by atoms with E-state index in [1.165, 1.54) is 0 Å². The molecule has 1 N–H and O–H groups in total. The summed E-state index contributed by atoms with van der Waals surface area (Å²) < 4.78 is 0. The molecule has 0 atom stereocenters. The third-order valence-electron chi connectivity index (χ3n) is 2.74. The van der Waals surface area contributed by atoms with Crippen LogP contribution in [0.5, 0.6) is 0 Å². The summed E-state index contributed by atoms with van der Waals surface area (Å²) in [7, 11) is 0. The fourth-order valence-corrected chi connectivity index (χ4v) is 1.92. The maximum absolute atomic E-state index is 11.7. The van der Waals surface area contributed by atoms with E-state index in [0.29, 0.717) is 5.39 Å². The van der Waals surface area contributed by atoms with Crippen LogP contribution in [0, 0.1) is 0 Å². The number of rotatable bonds is 1. The smallest absolute Gasteiger partial charge is 0.257 e. The van der Waals surface area contributed by atoms with Gasteiger partial charge >= 0.3 is 0 Å². The summed E-state index contributed by atoms with van der Waals surface area (Å²) >= 11 is 0. The molecule has 0 saturated carbocycles. The predicted octanol–water partition coefficient (Wildman–Crippen LogP) is 2.59. The van der Waals surface area contributed by atoms with Crippen molar-refractivity contribution in [3.05, 3.63) is 65.2 Å². The van der Waals surface area contributed by atoms with Crippen LogP contribution in [0.1, 0.15) is 0 Å². The van der Waals surface area contributed by atoms with Gasteiger partial charge in [-0.25, -0.2) is 0 Å². The fourth-order valence-electron chi connectivity index (χ4n) is 1.92. The molecule has 0 bridgehead atoms. The molecule has 2 heterocycles. The monoisotopic (exact) mass is 222 g/mol. The summed E-state index contributed by atoms with van der Waals surface area (Å²) in [5.41, 5.74) is 2.63. The zero-order valence-corrected chi connectivity index (χ0v) is 9.05. The van der Waals surface area contributed by atoms with E-state index in [1.54, 1.807) is 24.5 Å². The molecule has 3 heteroatoms. The molecule has 0 spiro atoms. The third-order valence-corrected chi connectivity index (χ3v) is 2.74. The van der Waals surface area contributed by atoms with Crippen molar-refractivity contribution in [1.82, 2.24) is 9.97 Å². The predicted molar refractivity (Wildman–Crippen MR) is 67.8 cm³/mol. The third kappa shape index (κ3) is 1.61. The summed E-state index contributed by atoms with van der Waals surface area (Å²) in [6, 6.07) is 13.5. The summed E-state index contributed by atoms with van der Waals surface area (Å²) in [6.07, 6.45) is 3.42. The Hall–Kier alpha value is -2.42. The molecule has 82 valence electrons. The zero-order valence-electron chi connectivity index (χ0n) is 9.05. The first-order valence-corrected chi connectivity index (χ1v) is 5.38. The summed E-state index contributed by atoms with van der Waals surface area (Å²) in [4.78, 5) is 18.7. The number of aromatic nitrogens is 2. The molecule has 0 radical (unpaired) electrons. The van der Waals surface area contributed by atoms with Crippen molar-refractivity contribution < 1.29 is 0 Å². The molecular weight excluding hydrogens is 212 g/mol. The van der Waals surface area contributed by atoms with Crippen molar-refractivity contribution in [3.8, 4) is 11.1 Å². The number of nitrogens with one attached hydrogen (secondary N) is 1. The van der Waals surface area contributed by atoms with Gasteiger partial charge in [-0.1, -0.05) is 30.3 Å². The van der Waals surface area contributed by atoms with Crippen molar-refractivity contribution in [2.45, 2.75) is 0 Å². The second-order valence-corrected chi connectivity index (χ2v) is 3.80. The zero-order chi connectivity index (χ0) is 11.7. The highest BCUT2D eigenvalue weighted by Gasteiger charge is 2.06. The maximum Gasteiger partial charge on any atom is 0.257 e. The van der Waals surface area contributed by atoms with Crippen LogP contribution in [0.4, 0.5) is 0 Å². The minimum atomic E-state index is -0.104. The average Bonchev–Trinajstić information content (AvgIpc) is 2.41. The number of aromatic amines is 1. The number of hydrogen-bond acceptors (Lipinski definition) is 2. The molecule has 3 aromatic rings. The highest BCUT2D eigenvalue weighted by Crippen LogP contribution is 2.23. The van der Waals surface area contributed by atoms with Crippen LogP contribution in [0.3, 0.4) is 0 Å². The van der Waals surface area contributed by atoms with Crippen molar-refractivity contribution >= 4 is 10.9 Å². The van der Waals surface area contributed by atoms with Crippen LogP contribution >= 0.6 is 0 Å². The van der Waals surface area contributed by atoms with E-state index in [9.17, 15) is 4.79 Å². The second kappa shape index (κ2) is 3.87. The molecule has 0 aliphatic carbocycles. The van der Waals surface area contributed by atoms with E-state index < -0.39 is 0 Å². The molecule has 0 saturated heterocycles. The van der Waals surface area contributed by atoms with Crippen LogP contribution in [0.2, 0.25) is 0 Å². The van der Waals surface area contributed by atoms with Gasteiger partial charge in [-0.3, -0.25) is 9.78 Å². The van der Waals surface area contributed by atoms with Crippen molar-refractivity contribution in [3.63, 3.8) is 0 Å². The van der Waals surface area contributed by atoms with Gasteiger partial charge in [-0.2, -0.15) is 0 Å². The van der Waals surface area contributed by atoms with E-state index >= 15 is 0 Å². The SMILES string of the molecule is O=c1[nH]cc(-c2ccccc2)c2ncccc12. The first-order valence-electron chi connectivity index (χ1n) is 5.38. The quantitative estimate of drug-likeness (QED) is 0.687. The van der Waals surface area contributed by atoms with Gasteiger partial charge in [-0.15, -0.1) is 0 Å². The van der Waals surface area contributed by atoms with E-state index in [1.807, 2.05) is 30.3 Å². The lowest BCUT2D eigenvalue weighted by molar-refractivity contribution is 1.26. The van der Waals surface area contributed by atoms with Crippen molar-refractivity contribution in [2.75, 3.05) is 0 Å². The van der Waals surface area contributed by atoms with E-state index in [0.717, 1.165) is 16.6 Å². The van der Waals surface area contributed by atoms with E-state index in [-0.39, 0.29) is 5.56 Å². The summed E-state index contributed by atoms with van der Waals surface area (Å²) in [5.74, 6) is 0. The Bertz CT molecular complexity index is 717. The van der Waals surface area contributed by atoms with Gasteiger partial charge in [0, 0.05) is 18.0 Å². The normalized spacial score (nSPS) is 10.6. The molecule has 3 nitrogen and oxygen atoms in total. The van der Waals surface area contributed by atoms with Crippen LogP contribution in [0.15, 0.2) is 59.7 Å². The number of H-pyrrole nitrogens is 1. The lowest BCUT2D eigenvalue weighted by Crippen LogP contribution is -2.06. The van der Waals surface area contributed by atoms with Crippen LogP contribution in [-0.4, -0.2) is 9.97 Å². The van der Waals surface area contributed by atoms with Gasteiger partial charge < -0.3 is 4.98 Å². The highest BCUT2D eigenvalue weighted by molar-refractivity contribution is 5.92. The van der Waals surface area contributed by atoms with Gasteiger partial charge in [-0.05, 0) is 17.7 Å². The summed E-state index contributed by atoms with van der Waals surface area (Å²) in [6.45, 7) is 0. The van der Waals surface area contributed by atoms with Crippen molar-refractivity contribution in [1.29, 1.82) is 0 Å². The van der Waals surface area contributed by atoms with Crippen molar-refractivity contribution in [2.24, 2.45) is 0 Å². The Balaban J connectivity index is 2.39. The highest BCUT2D eigenvalue weighted by atomic mass is 16.1. The Morgan fingerprint density at radius 1 is 1.00 bits per heavy atom.